The molecular weight excluding hydrogens is 218 g/mol. The van der Waals surface area contributed by atoms with Crippen LogP contribution in [0.4, 0.5) is 5.82 Å². The molecule has 0 saturated carbocycles. The Balaban J connectivity index is 2.11. The highest BCUT2D eigenvalue weighted by Gasteiger charge is 2.21. The summed E-state index contributed by atoms with van der Waals surface area (Å²) in [6.07, 6.45) is 2.95. The van der Waals surface area contributed by atoms with E-state index in [0.717, 1.165) is 0 Å². The summed E-state index contributed by atoms with van der Waals surface area (Å²) in [5, 5.41) is 8.97. The van der Waals surface area contributed by atoms with Crippen molar-refractivity contribution in [3.63, 3.8) is 0 Å². The monoisotopic (exact) mass is 231 g/mol. The maximum absolute atomic E-state index is 11.2. The van der Waals surface area contributed by atoms with Crippen molar-refractivity contribution in [1.29, 1.82) is 5.26 Å². The van der Waals surface area contributed by atoms with Gasteiger partial charge in [-0.05, 0) is 0 Å². The van der Waals surface area contributed by atoms with Crippen LogP contribution >= 0.6 is 0 Å². The summed E-state index contributed by atoms with van der Waals surface area (Å²) in [5.74, 6) is 0.749. The lowest BCUT2D eigenvalue weighted by molar-refractivity contribution is -0.129. The molecular formula is C11H13N5O. The van der Waals surface area contributed by atoms with E-state index in [9.17, 15) is 4.79 Å². The van der Waals surface area contributed by atoms with Gasteiger partial charge in [0.15, 0.2) is 0 Å². The Morgan fingerprint density at radius 3 is 2.71 bits per heavy atom. The Labute approximate surface area is 99.5 Å². The minimum absolute atomic E-state index is 0.0906. The first-order chi connectivity index (χ1) is 8.22. The Hall–Kier alpha value is -2.16. The Bertz CT molecular complexity index is 459. The summed E-state index contributed by atoms with van der Waals surface area (Å²) >= 11 is 0. The van der Waals surface area contributed by atoms with Gasteiger partial charge in [0.25, 0.3) is 0 Å². The van der Waals surface area contributed by atoms with Gasteiger partial charge in [0.05, 0.1) is 6.20 Å². The fourth-order valence-corrected chi connectivity index (χ4v) is 1.89. The molecule has 0 radical (unpaired) electrons. The average Bonchev–Trinajstić information content (AvgIpc) is 2.39. The second-order valence-electron chi connectivity index (χ2n) is 3.86. The summed E-state index contributed by atoms with van der Waals surface area (Å²) in [6, 6.07) is 2.08. The molecule has 1 fully saturated rings. The zero-order chi connectivity index (χ0) is 12.3. The molecule has 1 amide bonds. The summed E-state index contributed by atoms with van der Waals surface area (Å²) < 4.78 is 0. The van der Waals surface area contributed by atoms with Crippen LogP contribution < -0.4 is 4.90 Å². The normalized spacial score (nSPS) is 15.5. The molecule has 1 saturated heterocycles. The number of aromatic nitrogens is 2. The predicted molar refractivity (Wildman–Crippen MR) is 61.2 cm³/mol. The van der Waals surface area contributed by atoms with Gasteiger partial charge >= 0.3 is 0 Å². The number of anilines is 1. The first-order valence-corrected chi connectivity index (χ1v) is 5.43. The third-order valence-electron chi connectivity index (χ3n) is 2.84. The van der Waals surface area contributed by atoms with E-state index in [1.807, 2.05) is 4.90 Å². The number of nitrogens with zero attached hydrogens (tertiary/aromatic N) is 5. The molecule has 0 aliphatic carbocycles. The fourth-order valence-electron chi connectivity index (χ4n) is 1.89. The van der Waals surface area contributed by atoms with Gasteiger partial charge in [0, 0.05) is 33.1 Å². The van der Waals surface area contributed by atoms with Crippen molar-refractivity contribution < 1.29 is 4.79 Å². The number of carbonyl (C=O) groups is 1. The first kappa shape index (κ1) is 11.3. The maximum Gasteiger partial charge on any atom is 0.219 e. The van der Waals surface area contributed by atoms with Gasteiger partial charge in [-0.2, -0.15) is 5.26 Å². The van der Waals surface area contributed by atoms with Gasteiger partial charge in [-0.1, -0.05) is 0 Å². The predicted octanol–water partition coefficient (Wildman–Crippen LogP) is 0.0168. The third-order valence-corrected chi connectivity index (χ3v) is 2.84. The summed E-state index contributed by atoms with van der Waals surface area (Å²) in [6.45, 7) is 4.31. The van der Waals surface area contributed by atoms with Crippen LogP contribution in [-0.4, -0.2) is 47.0 Å². The molecule has 6 nitrogen and oxygen atoms in total. The van der Waals surface area contributed by atoms with Crippen LogP contribution in [0.3, 0.4) is 0 Å². The highest BCUT2D eigenvalue weighted by atomic mass is 16.2. The quantitative estimate of drug-likeness (QED) is 0.681. The van der Waals surface area contributed by atoms with Crippen molar-refractivity contribution in [3.05, 3.63) is 18.1 Å². The number of nitriles is 1. The lowest BCUT2D eigenvalue weighted by Gasteiger charge is -2.35. The molecule has 1 aromatic heterocycles. The molecule has 6 heteroatoms. The van der Waals surface area contributed by atoms with Gasteiger partial charge in [-0.25, -0.2) is 9.97 Å². The molecule has 0 spiro atoms. The summed E-state index contributed by atoms with van der Waals surface area (Å²) in [7, 11) is 0. The van der Waals surface area contributed by atoms with Crippen molar-refractivity contribution >= 4 is 11.7 Å². The van der Waals surface area contributed by atoms with Gasteiger partial charge in [-0.3, -0.25) is 4.79 Å². The van der Waals surface area contributed by atoms with E-state index in [4.69, 9.17) is 5.26 Å². The minimum atomic E-state index is 0.0906. The van der Waals surface area contributed by atoms with Crippen molar-refractivity contribution in [2.45, 2.75) is 6.92 Å². The highest BCUT2D eigenvalue weighted by molar-refractivity contribution is 5.73. The van der Waals surface area contributed by atoms with Crippen molar-refractivity contribution in [2.24, 2.45) is 0 Å². The van der Waals surface area contributed by atoms with Gasteiger partial charge in [-0.15, -0.1) is 0 Å². The molecule has 0 aromatic carbocycles. The maximum atomic E-state index is 11.2. The smallest absolute Gasteiger partial charge is 0.219 e. The number of hydrogen-bond acceptors (Lipinski definition) is 5. The number of piperazine rings is 1. The molecule has 0 unspecified atom stereocenters. The van der Waals surface area contributed by atoms with Crippen LogP contribution in [0, 0.1) is 11.3 Å². The molecule has 1 aliphatic heterocycles. The third kappa shape index (κ3) is 2.33. The van der Waals surface area contributed by atoms with Gasteiger partial charge < -0.3 is 9.80 Å². The fraction of sp³-hybridized carbons (Fsp3) is 0.455. The van der Waals surface area contributed by atoms with Crippen molar-refractivity contribution in [3.8, 4) is 6.07 Å². The van der Waals surface area contributed by atoms with Crippen LogP contribution in [0.1, 0.15) is 12.5 Å². The van der Waals surface area contributed by atoms with E-state index in [1.54, 1.807) is 11.8 Å². The standard InChI is InChI=1S/C11H13N5O/c1-9(17)15-2-4-16(5-3-15)11-10(6-12)7-13-8-14-11/h7-8H,2-5H2,1H3. The molecule has 0 atom stereocenters. The van der Waals surface area contributed by atoms with Gasteiger partial charge in [0.2, 0.25) is 5.91 Å². The van der Waals surface area contributed by atoms with E-state index in [-0.39, 0.29) is 5.91 Å². The minimum Gasteiger partial charge on any atom is -0.352 e. The Morgan fingerprint density at radius 2 is 2.12 bits per heavy atom. The molecule has 1 aliphatic rings. The molecule has 0 N–H and O–H groups in total. The van der Waals surface area contributed by atoms with E-state index >= 15 is 0 Å². The lowest BCUT2D eigenvalue weighted by atomic mass is 10.2. The molecule has 0 bridgehead atoms. The molecule has 2 rings (SSSR count). The Kier molecular flexibility index (Phi) is 3.19. The van der Waals surface area contributed by atoms with Crippen LogP contribution in [-0.2, 0) is 4.79 Å². The van der Waals surface area contributed by atoms with E-state index in [0.29, 0.717) is 37.6 Å². The average molecular weight is 231 g/mol. The first-order valence-electron chi connectivity index (χ1n) is 5.43. The molecule has 17 heavy (non-hydrogen) atoms. The molecule has 1 aromatic rings. The summed E-state index contributed by atoms with van der Waals surface area (Å²) in [5.41, 5.74) is 0.476. The zero-order valence-corrected chi connectivity index (χ0v) is 9.63. The van der Waals surface area contributed by atoms with Crippen molar-refractivity contribution in [1.82, 2.24) is 14.9 Å². The van der Waals surface area contributed by atoms with E-state index in [1.165, 1.54) is 12.5 Å². The topological polar surface area (TPSA) is 73.1 Å². The number of rotatable bonds is 1. The second kappa shape index (κ2) is 4.78. The van der Waals surface area contributed by atoms with Crippen LogP contribution in [0.2, 0.25) is 0 Å². The summed E-state index contributed by atoms with van der Waals surface area (Å²) in [4.78, 5) is 23.0. The Morgan fingerprint density at radius 1 is 1.41 bits per heavy atom. The van der Waals surface area contributed by atoms with Crippen LogP contribution in [0.25, 0.3) is 0 Å². The number of amides is 1. The lowest BCUT2D eigenvalue weighted by Crippen LogP contribution is -2.48. The SMILES string of the molecule is CC(=O)N1CCN(c2ncncc2C#N)CC1. The number of hydrogen-bond donors (Lipinski definition) is 0. The molecule has 2 heterocycles. The largest absolute Gasteiger partial charge is 0.352 e. The van der Waals surface area contributed by atoms with Crippen molar-refractivity contribution in [2.75, 3.05) is 31.1 Å². The number of carbonyl (C=O) groups excluding carboxylic acids is 1. The van der Waals surface area contributed by atoms with E-state index in [2.05, 4.69) is 16.0 Å². The van der Waals surface area contributed by atoms with Crippen LogP contribution in [0.15, 0.2) is 12.5 Å². The zero-order valence-electron chi connectivity index (χ0n) is 9.63. The second-order valence-corrected chi connectivity index (χ2v) is 3.86. The molecule has 88 valence electrons. The highest BCUT2D eigenvalue weighted by Crippen LogP contribution is 2.16. The van der Waals surface area contributed by atoms with Gasteiger partial charge in [0.1, 0.15) is 23.8 Å². The van der Waals surface area contributed by atoms with E-state index < -0.39 is 0 Å². The van der Waals surface area contributed by atoms with Crippen LogP contribution in [0.5, 0.6) is 0 Å².